The van der Waals surface area contributed by atoms with Crippen molar-refractivity contribution in [3.63, 3.8) is 0 Å². The summed E-state index contributed by atoms with van der Waals surface area (Å²) in [7, 11) is 0. The Kier molecular flexibility index (Phi) is 14.9. The number of hydrogen-bond acceptors (Lipinski definition) is 5. The molecule has 0 saturated carbocycles. The summed E-state index contributed by atoms with van der Waals surface area (Å²) >= 11 is 0. The molecular formula is C91H59N5. The molecule has 18 rings (SSSR count). The van der Waals surface area contributed by atoms with Gasteiger partial charge in [-0.15, -0.1) is 0 Å². The molecule has 2 heterocycles. The number of fused-ring (bicyclic) bond motifs is 12. The molecule has 0 aliphatic heterocycles. The fraction of sp³-hybridized carbons (Fsp3) is 0. The zero-order chi connectivity index (χ0) is 63.7. The van der Waals surface area contributed by atoms with Gasteiger partial charge in [-0.05, 0) is 127 Å². The molecule has 0 saturated heterocycles. The topological polar surface area (TPSA) is 64.5 Å². The highest BCUT2D eigenvalue weighted by atomic mass is 15.0. The first-order valence-corrected chi connectivity index (χ1v) is 32.5. The summed E-state index contributed by atoms with van der Waals surface area (Å²) in [5.41, 5.74) is 17.0. The van der Waals surface area contributed by atoms with Crippen molar-refractivity contribution in [2.75, 3.05) is 0 Å². The summed E-state index contributed by atoms with van der Waals surface area (Å²) in [5.74, 6) is 2.67. The van der Waals surface area contributed by atoms with E-state index in [0.717, 1.165) is 67.0 Å². The lowest BCUT2D eigenvalue weighted by Gasteiger charge is -2.14. The maximum Gasteiger partial charge on any atom is 0.164 e. The number of aromatic nitrogens is 5. The predicted molar refractivity (Wildman–Crippen MR) is 401 cm³/mol. The third kappa shape index (κ3) is 10.9. The van der Waals surface area contributed by atoms with Gasteiger partial charge in [0.25, 0.3) is 0 Å². The highest BCUT2D eigenvalue weighted by molar-refractivity contribution is 6.27. The van der Waals surface area contributed by atoms with Crippen molar-refractivity contribution in [1.82, 2.24) is 24.9 Å². The Bertz CT molecular complexity index is 5360. The number of nitrogens with zero attached hydrogens (tertiary/aromatic N) is 5. The molecule has 0 N–H and O–H groups in total. The predicted octanol–water partition coefficient (Wildman–Crippen LogP) is 23.9. The van der Waals surface area contributed by atoms with Crippen molar-refractivity contribution < 1.29 is 0 Å². The fourth-order valence-corrected chi connectivity index (χ4v) is 13.7. The maximum absolute atomic E-state index is 5.11. The second kappa shape index (κ2) is 25.0. The van der Waals surface area contributed by atoms with E-state index >= 15 is 0 Å². The van der Waals surface area contributed by atoms with Gasteiger partial charge in [0.2, 0.25) is 0 Å². The standard InChI is InChI=1S/C46H30N2.C45H29N3/c1-3-13-33(14-4-1)44-30-45(34-15-5-2-6-16-34)48-46(47-44)42-22-12-7-17-36(42)32-25-23-31(24-26-32)35-27-28-41-39-20-9-8-18-37(39)38-19-10-11-21-40(38)43(41)29-35;1-3-13-32(14-4-1)43-46-44(33-15-5-2-6-16-33)48-45(47-43)41-22-12-7-17-35(41)31-25-23-30(24-26-31)34-27-28-40-38-20-9-8-18-36(38)37-19-10-11-21-39(37)42(40)29-34/h1-30H;1-29H. The number of rotatable bonds is 10. The molecule has 0 atom stereocenters. The fourth-order valence-electron chi connectivity index (χ4n) is 13.7. The second-order valence-electron chi connectivity index (χ2n) is 24.2. The molecule has 0 unspecified atom stereocenters. The molecule has 448 valence electrons. The minimum atomic E-state index is 0.649. The van der Waals surface area contributed by atoms with Crippen LogP contribution < -0.4 is 0 Å². The van der Waals surface area contributed by atoms with Gasteiger partial charge in [-0.1, -0.05) is 340 Å². The molecule has 0 aliphatic carbocycles. The van der Waals surface area contributed by atoms with Gasteiger partial charge in [-0.2, -0.15) is 0 Å². The normalized spacial score (nSPS) is 11.3. The zero-order valence-electron chi connectivity index (χ0n) is 52.3. The number of benzene rings is 16. The zero-order valence-corrected chi connectivity index (χ0v) is 52.3. The summed E-state index contributed by atoms with van der Waals surface area (Å²) in [5, 5.41) is 15.4. The van der Waals surface area contributed by atoms with Crippen LogP contribution in [0.2, 0.25) is 0 Å². The second-order valence-corrected chi connectivity index (χ2v) is 24.2. The van der Waals surface area contributed by atoms with E-state index in [1.807, 2.05) is 78.9 Å². The molecular weight excluding hydrogens is 1160 g/mol. The molecule has 18 aromatic rings. The lowest BCUT2D eigenvalue weighted by atomic mass is 9.91. The largest absolute Gasteiger partial charge is 0.228 e. The lowest BCUT2D eigenvalue weighted by Crippen LogP contribution is -2.01. The third-order valence-corrected chi connectivity index (χ3v) is 18.4. The van der Waals surface area contributed by atoms with Crippen LogP contribution in [0.15, 0.2) is 358 Å². The molecule has 96 heavy (non-hydrogen) atoms. The quantitative estimate of drug-likeness (QED) is 0.128. The van der Waals surface area contributed by atoms with Crippen LogP contribution in [-0.4, -0.2) is 24.9 Å². The van der Waals surface area contributed by atoms with Gasteiger partial charge in [0.15, 0.2) is 23.3 Å². The monoisotopic (exact) mass is 1220 g/mol. The van der Waals surface area contributed by atoms with E-state index in [9.17, 15) is 0 Å². The molecule has 0 amide bonds. The van der Waals surface area contributed by atoms with E-state index in [4.69, 9.17) is 24.9 Å². The molecule has 16 aromatic carbocycles. The van der Waals surface area contributed by atoms with Crippen LogP contribution >= 0.6 is 0 Å². The van der Waals surface area contributed by atoms with E-state index in [2.05, 4.69) is 279 Å². The first-order chi connectivity index (χ1) is 47.6. The summed E-state index contributed by atoms with van der Waals surface area (Å²) < 4.78 is 0. The Morgan fingerprint density at radius 1 is 0.125 bits per heavy atom. The van der Waals surface area contributed by atoms with E-state index < -0.39 is 0 Å². The van der Waals surface area contributed by atoms with Crippen molar-refractivity contribution >= 4 is 64.6 Å². The third-order valence-electron chi connectivity index (χ3n) is 18.4. The average molecular weight is 1220 g/mol. The summed E-state index contributed by atoms with van der Waals surface area (Å²) in [4.78, 5) is 25.1. The SMILES string of the molecule is c1ccc(-c2cc(-c3ccccc3)nc(-c3ccccc3-c3ccc(-c4ccc5c6ccccc6c6ccccc6c5c4)cc3)n2)cc1.c1ccc(-c2nc(-c3ccccc3)nc(-c3ccccc3-c3ccc(-c4ccc5c6ccccc6c6ccccc6c5c4)cc3)n2)cc1. The Labute approximate surface area is 556 Å². The Hall–Kier alpha value is -12.8. The van der Waals surface area contributed by atoms with Crippen molar-refractivity contribution in [3.05, 3.63) is 358 Å². The van der Waals surface area contributed by atoms with Gasteiger partial charge in [-0.3, -0.25) is 0 Å². The van der Waals surface area contributed by atoms with E-state index in [1.54, 1.807) is 0 Å². The summed E-state index contributed by atoms with van der Waals surface area (Å²) in [6.07, 6.45) is 0. The Morgan fingerprint density at radius 3 is 0.708 bits per heavy atom. The summed E-state index contributed by atoms with van der Waals surface area (Å²) in [6.45, 7) is 0. The maximum atomic E-state index is 5.11. The van der Waals surface area contributed by atoms with Crippen LogP contribution in [0, 0.1) is 0 Å². The van der Waals surface area contributed by atoms with Gasteiger partial charge in [0.1, 0.15) is 0 Å². The van der Waals surface area contributed by atoms with Crippen LogP contribution in [0.1, 0.15) is 0 Å². The average Bonchev–Trinajstić information content (AvgIpc) is 0.761. The number of hydrogen-bond donors (Lipinski definition) is 0. The van der Waals surface area contributed by atoms with Crippen LogP contribution in [0.5, 0.6) is 0 Å². The highest BCUT2D eigenvalue weighted by Gasteiger charge is 2.19. The molecule has 2 aromatic heterocycles. The molecule has 0 fully saturated rings. The minimum absolute atomic E-state index is 0.649. The molecule has 0 spiro atoms. The highest BCUT2D eigenvalue weighted by Crippen LogP contribution is 2.42. The lowest BCUT2D eigenvalue weighted by molar-refractivity contribution is 1.07. The van der Waals surface area contributed by atoms with Gasteiger partial charge in [0, 0.05) is 33.4 Å². The van der Waals surface area contributed by atoms with Crippen LogP contribution in [0.4, 0.5) is 0 Å². The van der Waals surface area contributed by atoms with Crippen molar-refractivity contribution in [1.29, 1.82) is 0 Å². The van der Waals surface area contributed by atoms with E-state index in [0.29, 0.717) is 23.3 Å². The molecule has 0 bridgehead atoms. The van der Waals surface area contributed by atoms with Crippen LogP contribution in [-0.2, 0) is 0 Å². The minimum Gasteiger partial charge on any atom is -0.228 e. The Balaban J connectivity index is 0.000000145. The molecule has 5 heteroatoms. The van der Waals surface area contributed by atoms with E-state index in [-0.39, 0.29) is 0 Å². The van der Waals surface area contributed by atoms with Gasteiger partial charge in [0.05, 0.1) is 11.4 Å². The van der Waals surface area contributed by atoms with Crippen molar-refractivity contribution in [3.8, 4) is 113 Å². The summed E-state index contributed by atoms with van der Waals surface area (Å²) in [6, 6.07) is 126. The molecule has 0 radical (unpaired) electrons. The van der Waals surface area contributed by atoms with E-state index in [1.165, 1.54) is 86.9 Å². The van der Waals surface area contributed by atoms with Crippen LogP contribution in [0.3, 0.4) is 0 Å². The van der Waals surface area contributed by atoms with Crippen LogP contribution in [0.25, 0.3) is 177 Å². The Morgan fingerprint density at radius 2 is 0.365 bits per heavy atom. The van der Waals surface area contributed by atoms with Gasteiger partial charge >= 0.3 is 0 Å². The first-order valence-electron chi connectivity index (χ1n) is 32.5. The molecule has 0 aliphatic rings. The molecule has 5 nitrogen and oxygen atoms in total. The first kappa shape index (κ1) is 57.1. The smallest absolute Gasteiger partial charge is 0.164 e. The van der Waals surface area contributed by atoms with Gasteiger partial charge in [-0.25, -0.2) is 24.9 Å². The van der Waals surface area contributed by atoms with Crippen molar-refractivity contribution in [2.24, 2.45) is 0 Å². The van der Waals surface area contributed by atoms with Gasteiger partial charge < -0.3 is 0 Å². The van der Waals surface area contributed by atoms with Crippen molar-refractivity contribution in [2.45, 2.75) is 0 Å².